The lowest BCUT2D eigenvalue weighted by Gasteiger charge is -2.38. The van der Waals surface area contributed by atoms with Crippen LogP contribution in [-0.2, 0) is 0 Å². The summed E-state index contributed by atoms with van der Waals surface area (Å²) in [6.07, 6.45) is 8.27. The molecule has 1 N–H and O–H groups in total. The Kier molecular flexibility index (Phi) is 6.97. The van der Waals surface area contributed by atoms with Gasteiger partial charge >= 0.3 is 0 Å². The molecule has 0 radical (unpaired) electrons. The first kappa shape index (κ1) is 18.6. The highest BCUT2D eigenvalue weighted by molar-refractivity contribution is 4.82. The highest BCUT2D eigenvalue weighted by Crippen LogP contribution is 2.23. The molecule has 3 saturated heterocycles. The molecule has 0 aliphatic carbocycles. The fourth-order valence-corrected chi connectivity index (χ4v) is 4.80. The Labute approximate surface area is 149 Å². The van der Waals surface area contributed by atoms with E-state index in [1.165, 1.54) is 77.8 Å². The largest absolute Gasteiger partial charge is 0.301 e. The maximum Gasteiger partial charge on any atom is 0.0482 e. The molecule has 3 aliphatic heterocycles. The van der Waals surface area contributed by atoms with Crippen molar-refractivity contribution >= 4 is 0 Å². The average Bonchev–Trinajstić information content (AvgIpc) is 2.99. The van der Waals surface area contributed by atoms with E-state index in [2.05, 4.69) is 40.8 Å². The van der Waals surface area contributed by atoms with Gasteiger partial charge in [0.25, 0.3) is 0 Å². The van der Waals surface area contributed by atoms with Crippen LogP contribution in [0.4, 0.5) is 0 Å². The maximum absolute atomic E-state index is 3.83. The average molecular weight is 337 g/mol. The first-order valence-corrected chi connectivity index (χ1v) is 10.6. The van der Waals surface area contributed by atoms with Crippen molar-refractivity contribution in [2.45, 2.75) is 77.4 Å². The number of nitrogens with one attached hydrogen (secondary N) is 1. The molecule has 0 saturated carbocycles. The summed E-state index contributed by atoms with van der Waals surface area (Å²) in [4.78, 5) is 8.00. The SMILES string of the molecule is CC(C)N1CCC(NCN2CCC(CN3CCCC3C)CC2)CC1. The summed E-state index contributed by atoms with van der Waals surface area (Å²) in [6, 6.07) is 2.29. The molecule has 24 heavy (non-hydrogen) atoms. The van der Waals surface area contributed by atoms with Crippen molar-refractivity contribution < 1.29 is 0 Å². The molecule has 140 valence electrons. The van der Waals surface area contributed by atoms with Crippen molar-refractivity contribution in [3.63, 3.8) is 0 Å². The van der Waals surface area contributed by atoms with E-state index in [1.54, 1.807) is 0 Å². The van der Waals surface area contributed by atoms with E-state index >= 15 is 0 Å². The lowest BCUT2D eigenvalue weighted by Crippen LogP contribution is -2.49. The smallest absolute Gasteiger partial charge is 0.0482 e. The summed E-state index contributed by atoms with van der Waals surface area (Å²) in [5.41, 5.74) is 0. The fourth-order valence-electron chi connectivity index (χ4n) is 4.80. The summed E-state index contributed by atoms with van der Waals surface area (Å²) in [7, 11) is 0. The van der Waals surface area contributed by atoms with Gasteiger partial charge in [-0.25, -0.2) is 0 Å². The Morgan fingerprint density at radius 1 is 0.917 bits per heavy atom. The van der Waals surface area contributed by atoms with Crippen LogP contribution in [0, 0.1) is 5.92 Å². The molecule has 0 bridgehead atoms. The van der Waals surface area contributed by atoms with Gasteiger partial charge in [0.05, 0.1) is 0 Å². The van der Waals surface area contributed by atoms with Gasteiger partial charge in [0, 0.05) is 31.3 Å². The van der Waals surface area contributed by atoms with E-state index in [1.807, 2.05) is 0 Å². The molecule has 3 fully saturated rings. The van der Waals surface area contributed by atoms with Crippen LogP contribution in [0.3, 0.4) is 0 Å². The van der Waals surface area contributed by atoms with E-state index in [0.717, 1.165) is 24.7 Å². The minimum atomic E-state index is 0.711. The number of likely N-dealkylation sites (tertiary alicyclic amines) is 3. The Hall–Kier alpha value is -0.160. The topological polar surface area (TPSA) is 21.8 Å². The molecule has 3 aliphatic rings. The van der Waals surface area contributed by atoms with E-state index in [4.69, 9.17) is 0 Å². The summed E-state index contributed by atoms with van der Waals surface area (Å²) in [5, 5.41) is 3.83. The number of piperidine rings is 2. The molecule has 0 aromatic rings. The Morgan fingerprint density at radius 3 is 2.21 bits per heavy atom. The number of rotatable bonds is 6. The molecule has 4 nitrogen and oxygen atoms in total. The maximum atomic E-state index is 3.83. The summed E-state index contributed by atoms with van der Waals surface area (Å²) < 4.78 is 0. The molecule has 3 rings (SSSR count). The van der Waals surface area contributed by atoms with Crippen molar-refractivity contribution in [2.24, 2.45) is 5.92 Å². The first-order valence-electron chi connectivity index (χ1n) is 10.6. The van der Waals surface area contributed by atoms with Crippen molar-refractivity contribution in [2.75, 3.05) is 45.9 Å². The predicted molar refractivity (Wildman–Crippen MR) is 102 cm³/mol. The van der Waals surface area contributed by atoms with Crippen LogP contribution in [0.25, 0.3) is 0 Å². The zero-order valence-corrected chi connectivity index (χ0v) is 16.3. The van der Waals surface area contributed by atoms with Crippen LogP contribution in [-0.4, -0.2) is 78.8 Å². The highest BCUT2D eigenvalue weighted by atomic mass is 15.2. The molecular weight excluding hydrogens is 296 g/mol. The van der Waals surface area contributed by atoms with Gasteiger partial charge in [-0.15, -0.1) is 0 Å². The second-order valence-corrected chi connectivity index (χ2v) is 8.81. The van der Waals surface area contributed by atoms with Crippen LogP contribution in [0.15, 0.2) is 0 Å². The molecule has 1 unspecified atom stereocenters. The van der Waals surface area contributed by atoms with Crippen molar-refractivity contribution in [3.8, 4) is 0 Å². The lowest BCUT2D eigenvalue weighted by atomic mass is 9.96. The molecular formula is C20H40N4. The van der Waals surface area contributed by atoms with Gasteiger partial charge in [-0.1, -0.05) is 0 Å². The van der Waals surface area contributed by atoms with Crippen molar-refractivity contribution in [3.05, 3.63) is 0 Å². The van der Waals surface area contributed by atoms with E-state index in [-0.39, 0.29) is 0 Å². The van der Waals surface area contributed by atoms with Gasteiger partial charge < -0.3 is 15.1 Å². The second-order valence-electron chi connectivity index (χ2n) is 8.81. The van der Waals surface area contributed by atoms with Gasteiger partial charge in [-0.2, -0.15) is 0 Å². The third-order valence-electron chi connectivity index (χ3n) is 6.75. The zero-order valence-electron chi connectivity index (χ0n) is 16.3. The third kappa shape index (κ3) is 5.17. The molecule has 0 amide bonds. The van der Waals surface area contributed by atoms with E-state index in [9.17, 15) is 0 Å². The summed E-state index contributed by atoms with van der Waals surface area (Å²) in [6.45, 7) is 16.0. The Bertz CT molecular complexity index is 357. The van der Waals surface area contributed by atoms with Gasteiger partial charge in [-0.05, 0) is 97.9 Å². The van der Waals surface area contributed by atoms with Gasteiger partial charge in [0.15, 0.2) is 0 Å². The normalized spacial score (nSPS) is 29.8. The lowest BCUT2D eigenvalue weighted by molar-refractivity contribution is 0.117. The zero-order chi connectivity index (χ0) is 16.9. The van der Waals surface area contributed by atoms with E-state index in [0.29, 0.717) is 6.04 Å². The van der Waals surface area contributed by atoms with Crippen molar-refractivity contribution in [1.82, 2.24) is 20.0 Å². The molecule has 0 spiro atoms. The predicted octanol–water partition coefficient (Wildman–Crippen LogP) is 2.60. The van der Waals surface area contributed by atoms with Gasteiger partial charge in [0.1, 0.15) is 0 Å². The standard InChI is InChI=1S/C20H40N4/c1-17(2)23-13-8-20(9-14-23)21-16-22-11-6-19(7-12-22)15-24-10-4-5-18(24)3/h17-21H,4-16H2,1-3H3. The fraction of sp³-hybridized carbons (Fsp3) is 1.00. The molecule has 4 heteroatoms. The van der Waals surface area contributed by atoms with Gasteiger partial charge in [0.2, 0.25) is 0 Å². The first-order chi connectivity index (χ1) is 11.6. The summed E-state index contributed by atoms with van der Waals surface area (Å²) >= 11 is 0. The van der Waals surface area contributed by atoms with Crippen LogP contribution >= 0.6 is 0 Å². The van der Waals surface area contributed by atoms with Crippen molar-refractivity contribution in [1.29, 1.82) is 0 Å². The number of hydrogen-bond donors (Lipinski definition) is 1. The molecule has 0 aromatic heterocycles. The van der Waals surface area contributed by atoms with E-state index < -0.39 is 0 Å². The van der Waals surface area contributed by atoms with Crippen LogP contribution < -0.4 is 5.32 Å². The second kappa shape index (κ2) is 8.98. The monoisotopic (exact) mass is 336 g/mol. The minimum Gasteiger partial charge on any atom is -0.301 e. The van der Waals surface area contributed by atoms with Crippen LogP contribution in [0.1, 0.15) is 59.3 Å². The van der Waals surface area contributed by atoms with Gasteiger partial charge in [-0.3, -0.25) is 4.90 Å². The van der Waals surface area contributed by atoms with Crippen LogP contribution in [0.2, 0.25) is 0 Å². The molecule has 3 heterocycles. The molecule has 1 atom stereocenters. The number of nitrogens with zero attached hydrogens (tertiary/aromatic N) is 3. The summed E-state index contributed by atoms with van der Waals surface area (Å²) in [5.74, 6) is 0.941. The minimum absolute atomic E-state index is 0.711. The Morgan fingerprint density at radius 2 is 1.62 bits per heavy atom. The highest BCUT2D eigenvalue weighted by Gasteiger charge is 2.26. The quantitative estimate of drug-likeness (QED) is 0.805. The Balaban J connectivity index is 1.29. The molecule has 0 aromatic carbocycles. The third-order valence-corrected chi connectivity index (χ3v) is 6.75. The number of hydrogen-bond acceptors (Lipinski definition) is 4. The van der Waals surface area contributed by atoms with Crippen LogP contribution in [0.5, 0.6) is 0 Å².